The second kappa shape index (κ2) is 5.61. The maximum absolute atomic E-state index is 12.2. The number of carbonyl (C=O) groups excluding carboxylic acids is 1. The molecule has 1 aromatic carbocycles. The fraction of sp³-hybridized carbons (Fsp3) is 0.533. The van der Waals surface area contributed by atoms with Crippen molar-refractivity contribution in [3.8, 4) is 5.75 Å². The van der Waals surface area contributed by atoms with Gasteiger partial charge in [-0.1, -0.05) is 6.42 Å². The molecule has 0 aliphatic carbocycles. The van der Waals surface area contributed by atoms with E-state index in [4.69, 9.17) is 0 Å². The molecule has 0 spiro atoms. The van der Waals surface area contributed by atoms with Gasteiger partial charge in [0.15, 0.2) is 0 Å². The number of piperidine rings is 1. The molecule has 19 heavy (non-hydrogen) atoms. The minimum Gasteiger partial charge on any atom is -0.507 e. The highest BCUT2D eigenvalue weighted by atomic mass is 16.3. The van der Waals surface area contributed by atoms with Crippen LogP contribution in [0.4, 0.5) is 5.69 Å². The normalized spacial score (nSPS) is 19.2. The van der Waals surface area contributed by atoms with Crippen LogP contribution in [0.2, 0.25) is 0 Å². The minimum absolute atomic E-state index is 0.0206. The van der Waals surface area contributed by atoms with Crippen molar-refractivity contribution in [3.05, 3.63) is 22.8 Å². The Morgan fingerprint density at radius 2 is 2.05 bits per heavy atom. The Morgan fingerprint density at radius 1 is 1.32 bits per heavy atom. The SMILES string of the molecule is Cc1cc(NC(=O)C2CCCCN2)c(C)c(C)c1O. The van der Waals surface area contributed by atoms with Crippen molar-refractivity contribution >= 4 is 11.6 Å². The molecule has 1 aliphatic rings. The second-order valence-corrected chi connectivity index (χ2v) is 5.33. The summed E-state index contributed by atoms with van der Waals surface area (Å²) in [5.41, 5.74) is 3.33. The fourth-order valence-electron chi connectivity index (χ4n) is 2.49. The quantitative estimate of drug-likeness (QED) is 0.717. The lowest BCUT2D eigenvalue weighted by atomic mass is 10.0. The molecule has 104 valence electrons. The molecule has 1 aliphatic heterocycles. The van der Waals surface area contributed by atoms with Gasteiger partial charge in [-0.2, -0.15) is 0 Å². The summed E-state index contributed by atoms with van der Waals surface area (Å²) < 4.78 is 0. The first-order valence-corrected chi connectivity index (χ1v) is 6.84. The lowest BCUT2D eigenvalue weighted by molar-refractivity contribution is -0.118. The maximum atomic E-state index is 12.2. The van der Waals surface area contributed by atoms with Gasteiger partial charge in [0.2, 0.25) is 5.91 Å². The molecule has 0 aromatic heterocycles. The highest BCUT2D eigenvalue weighted by Crippen LogP contribution is 2.30. The molecule has 4 nitrogen and oxygen atoms in total. The lowest BCUT2D eigenvalue weighted by Crippen LogP contribution is -2.43. The summed E-state index contributed by atoms with van der Waals surface area (Å²) in [6.45, 7) is 6.53. The first-order valence-electron chi connectivity index (χ1n) is 6.84. The predicted molar refractivity (Wildman–Crippen MR) is 76.6 cm³/mol. The van der Waals surface area contributed by atoms with Crippen LogP contribution in [0, 0.1) is 20.8 Å². The number of hydrogen-bond donors (Lipinski definition) is 3. The number of aromatic hydroxyl groups is 1. The van der Waals surface area contributed by atoms with Gasteiger partial charge in [0.05, 0.1) is 6.04 Å². The van der Waals surface area contributed by atoms with Crippen LogP contribution in [0.5, 0.6) is 5.75 Å². The van der Waals surface area contributed by atoms with Crippen molar-refractivity contribution in [2.75, 3.05) is 11.9 Å². The zero-order valence-corrected chi connectivity index (χ0v) is 11.8. The van der Waals surface area contributed by atoms with Crippen LogP contribution in [0.25, 0.3) is 0 Å². The van der Waals surface area contributed by atoms with E-state index < -0.39 is 0 Å². The molecule has 4 heteroatoms. The number of amides is 1. The third kappa shape index (κ3) is 2.89. The average molecular weight is 262 g/mol. The number of phenols is 1. The Hall–Kier alpha value is -1.55. The van der Waals surface area contributed by atoms with Gasteiger partial charge in [-0.25, -0.2) is 0 Å². The van der Waals surface area contributed by atoms with E-state index >= 15 is 0 Å². The highest BCUT2D eigenvalue weighted by molar-refractivity contribution is 5.96. The van der Waals surface area contributed by atoms with Crippen LogP contribution in [0.15, 0.2) is 6.07 Å². The van der Waals surface area contributed by atoms with E-state index in [1.54, 1.807) is 0 Å². The first-order chi connectivity index (χ1) is 9.00. The van der Waals surface area contributed by atoms with Crippen molar-refractivity contribution < 1.29 is 9.90 Å². The van der Waals surface area contributed by atoms with Crippen LogP contribution in [-0.2, 0) is 4.79 Å². The topological polar surface area (TPSA) is 61.4 Å². The molecular formula is C15H22N2O2. The Kier molecular flexibility index (Phi) is 4.10. The average Bonchev–Trinajstić information content (AvgIpc) is 2.43. The number of nitrogens with one attached hydrogen (secondary N) is 2. The zero-order chi connectivity index (χ0) is 14.0. The van der Waals surface area contributed by atoms with Gasteiger partial charge in [-0.3, -0.25) is 4.79 Å². The van der Waals surface area contributed by atoms with E-state index in [0.29, 0.717) is 5.75 Å². The Morgan fingerprint density at radius 3 is 2.68 bits per heavy atom. The standard InChI is InChI=1S/C15H22N2O2/c1-9-8-13(10(2)11(3)14(9)18)17-15(19)12-6-4-5-7-16-12/h8,12,16,18H,4-7H2,1-3H3,(H,17,19). The van der Waals surface area contributed by atoms with Crippen LogP contribution in [0.1, 0.15) is 36.0 Å². The number of rotatable bonds is 2. The summed E-state index contributed by atoms with van der Waals surface area (Å²) in [6.07, 6.45) is 3.12. The number of anilines is 1. The summed E-state index contributed by atoms with van der Waals surface area (Å²) in [5.74, 6) is 0.332. The molecule has 0 saturated carbocycles. The minimum atomic E-state index is -0.0948. The van der Waals surface area contributed by atoms with Crippen molar-refractivity contribution in [2.45, 2.75) is 46.1 Å². The van der Waals surface area contributed by atoms with Crippen molar-refractivity contribution in [2.24, 2.45) is 0 Å². The largest absolute Gasteiger partial charge is 0.507 e. The Labute approximate surface area is 114 Å². The molecule has 2 rings (SSSR count). The van der Waals surface area contributed by atoms with Crippen molar-refractivity contribution in [1.82, 2.24) is 5.32 Å². The van der Waals surface area contributed by atoms with E-state index in [2.05, 4.69) is 10.6 Å². The molecule has 1 atom stereocenters. The molecule has 3 N–H and O–H groups in total. The monoisotopic (exact) mass is 262 g/mol. The number of phenolic OH excluding ortho intramolecular Hbond substituents is 1. The third-order valence-electron chi connectivity index (χ3n) is 3.94. The summed E-state index contributed by atoms with van der Waals surface area (Å²) >= 11 is 0. The second-order valence-electron chi connectivity index (χ2n) is 5.33. The summed E-state index contributed by atoms with van der Waals surface area (Å²) in [4.78, 5) is 12.2. The van der Waals surface area contributed by atoms with Crippen LogP contribution >= 0.6 is 0 Å². The molecule has 1 amide bonds. The lowest BCUT2D eigenvalue weighted by Gasteiger charge is -2.23. The molecule has 0 bridgehead atoms. The molecule has 1 saturated heterocycles. The van der Waals surface area contributed by atoms with E-state index in [9.17, 15) is 9.90 Å². The molecule has 1 heterocycles. The molecule has 1 unspecified atom stereocenters. The smallest absolute Gasteiger partial charge is 0.241 e. The Balaban J connectivity index is 2.16. The molecule has 1 aromatic rings. The fourth-order valence-corrected chi connectivity index (χ4v) is 2.49. The van der Waals surface area contributed by atoms with Crippen molar-refractivity contribution in [1.29, 1.82) is 0 Å². The highest BCUT2D eigenvalue weighted by Gasteiger charge is 2.21. The van der Waals surface area contributed by atoms with Gasteiger partial charge in [-0.15, -0.1) is 0 Å². The van der Waals surface area contributed by atoms with Gasteiger partial charge in [0.25, 0.3) is 0 Å². The van der Waals surface area contributed by atoms with E-state index in [1.807, 2.05) is 26.8 Å². The molecule has 1 fully saturated rings. The third-order valence-corrected chi connectivity index (χ3v) is 3.94. The summed E-state index contributed by atoms with van der Waals surface area (Å²) in [7, 11) is 0. The van der Waals surface area contributed by atoms with Gasteiger partial charge >= 0.3 is 0 Å². The van der Waals surface area contributed by atoms with Crippen LogP contribution < -0.4 is 10.6 Å². The van der Waals surface area contributed by atoms with Gasteiger partial charge in [0.1, 0.15) is 5.75 Å². The number of aryl methyl sites for hydroxylation is 1. The number of carbonyl (C=O) groups is 1. The summed E-state index contributed by atoms with van der Waals surface area (Å²) in [6, 6.07) is 1.74. The van der Waals surface area contributed by atoms with E-state index in [0.717, 1.165) is 48.2 Å². The van der Waals surface area contributed by atoms with Crippen molar-refractivity contribution in [3.63, 3.8) is 0 Å². The van der Waals surface area contributed by atoms with Crippen LogP contribution in [-0.4, -0.2) is 23.6 Å². The number of hydrogen-bond acceptors (Lipinski definition) is 3. The Bertz CT molecular complexity index is 491. The number of benzene rings is 1. The van der Waals surface area contributed by atoms with Gasteiger partial charge < -0.3 is 15.7 Å². The first kappa shape index (κ1) is 13.9. The van der Waals surface area contributed by atoms with E-state index in [-0.39, 0.29) is 11.9 Å². The van der Waals surface area contributed by atoms with Gasteiger partial charge in [-0.05, 0) is 62.9 Å². The zero-order valence-electron chi connectivity index (χ0n) is 11.8. The van der Waals surface area contributed by atoms with Gasteiger partial charge in [0, 0.05) is 5.69 Å². The predicted octanol–water partition coefficient (Wildman–Crippen LogP) is 2.40. The maximum Gasteiger partial charge on any atom is 0.241 e. The molecular weight excluding hydrogens is 240 g/mol. The van der Waals surface area contributed by atoms with E-state index in [1.165, 1.54) is 0 Å². The summed E-state index contributed by atoms with van der Waals surface area (Å²) in [5, 5.41) is 16.1. The van der Waals surface area contributed by atoms with Crippen LogP contribution in [0.3, 0.4) is 0 Å². The molecule has 0 radical (unpaired) electrons.